The molecule has 0 amide bonds. The number of nitrogens with one attached hydrogen (secondary N) is 1. The van der Waals surface area contributed by atoms with Gasteiger partial charge in [-0.2, -0.15) is 5.10 Å². The molecule has 0 bridgehead atoms. The minimum Gasteiger partial charge on any atom is -0.369 e. The van der Waals surface area contributed by atoms with Crippen molar-refractivity contribution in [1.82, 2.24) is 24.6 Å². The average molecular weight is 290 g/mol. The van der Waals surface area contributed by atoms with Gasteiger partial charge in [0.1, 0.15) is 11.6 Å². The molecule has 0 unspecified atom stereocenters. The molecule has 0 aliphatic carbocycles. The molecule has 6 heteroatoms. The summed E-state index contributed by atoms with van der Waals surface area (Å²) in [6, 6.07) is 0.555. The van der Waals surface area contributed by atoms with E-state index < -0.39 is 0 Å². The standard InChI is InChI=1S/C15H26N6/c1-6-13-18-14(12-10-17-21(5)15(12)19-13)16-9-8-11(3)20(4)7-2/h10-11H,6-9H2,1-5H3,(H,16,18,19)/t11-/m1/s1. The van der Waals surface area contributed by atoms with Crippen LogP contribution in [-0.2, 0) is 13.5 Å². The summed E-state index contributed by atoms with van der Waals surface area (Å²) in [6.07, 6.45) is 3.74. The van der Waals surface area contributed by atoms with Crippen molar-refractivity contribution >= 4 is 16.9 Å². The molecule has 0 aromatic carbocycles. The summed E-state index contributed by atoms with van der Waals surface area (Å²) in [5, 5.41) is 8.73. The van der Waals surface area contributed by atoms with Gasteiger partial charge >= 0.3 is 0 Å². The van der Waals surface area contributed by atoms with Crippen LogP contribution in [0.15, 0.2) is 6.20 Å². The van der Waals surface area contributed by atoms with Crippen molar-refractivity contribution in [1.29, 1.82) is 0 Å². The molecule has 2 aromatic rings. The topological polar surface area (TPSA) is 58.9 Å². The van der Waals surface area contributed by atoms with Crippen molar-refractivity contribution in [3.63, 3.8) is 0 Å². The van der Waals surface area contributed by atoms with Crippen LogP contribution in [0.2, 0.25) is 0 Å². The molecule has 0 saturated carbocycles. The van der Waals surface area contributed by atoms with Crippen LogP contribution in [0.3, 0.4) is 0 Å². The van der Waals surface area contributed by atoms with Crippen molar-refractivity contribution in [3.05, 3.63) is 12.0 Å². The Morgan fingerprint density at radius 2 is 2.10 bits per heavy atom. The molecule has 116 valence electrons. The highest BCUT2D eigenvalue weighted by molar-refractivity contribution is 5.86. The van der Waals surface area contributed by atoms with Gasteiger partial charge in [-0.3, -0.25) is 4.68 Å². The van der Waals surface area contributed by atoms with Crippen LogP contribution in [0.4, 0.5) is 5.82 Å². The fraction of sp³-hybridized carbons (Fsp3) is 0.667. The normalized spacial score (nSPS) is 13.0. The van der Waals surface area contributed by atoms with Crippen LogP contribution in [0.1, 0.15) is 33.0 Å². The Morgan fingerprint density at radius 3 is 2.76 bits per heavy atom. The molecule has 1 N–H and O–H groups in total. The fourth-order valence-electron chi connectivity index (χ4n) is 2.29. The summed E-state index contributed by atoms with van der Waals surface area (Å²) in [5.74, 6) is 1.75. The molecule has 2 aromatic heterocycles. The van der Waals surface area contributed by atoms with E-state index in [4.69, 9.17) is 0 Å². The SMILES string of the molecule is CCc1nc(NCC[C@@H](C)N(C)CC)c2cnn(C)c2n1. The van der Waals surface area contributed by atoms with E-state index in [1.165, 1.54) is 0 Å². The smallest absolute Gasteiger partial charge is 0.163 e. The highest BCUT2D eigenvalue weighted by atomic mass is 15.3. The first-order valence-corrected chi connectivity index (χ1v) is 7.69. The molecule has 21 heavy (non-hydrogen) atoms. The van der Waals surface area contributed by atoms with Crippen LogP contribution in [0.25, 0.3) is 11.0 Å². The van der Waals surface area contributed by atoms with Crippen molar-refractivity contribution in [3.8, 4) is 0 Å². The third-order valence-electron chi connectivity index (χ3n) is 4.06. The molecule has 6 nitrogen and oxygen atoms in total. The summed E-state index contributed by atoms with van der Waals surface area (Å²) < 4.78 is 1.80. The lowest BCUT2D eigenvalue weighted by Gasteiger charge is -2.23. The Hall–Kier alpha value is -1.69. The van der Waals surface area contributed by atoms with Crippen LogP contribution >= 0.6 is 0 Å². The lowest BCUT2D eigenvalue weighted by molar-refractivity contribution is 0.263. The maximum absolute atomic E-state index is 4.61. The van der Waals surface area contributed by atoms with Gasteiger partial charge in [-0.25, -0.2) is 9.97 Å². The first-order valence-electron chi connectivity index (χ1n) is 7.69. The number of rotatable bonds is 7. The fourth-order valence-corrected chi connectivity index (χ4v) is 2.29. The van der Waals surface area contributed by atoms with E-state index in [2.05, 4.69) is 53.1 Å². The van der Waals surface area contributed by atoms with Gasteiger partial charge in [0.05, 0.1) is 11.6 Å². The first kappa shape index (κ1) is 15.7. The molecular formula is C15H26N6. The van der Waals surface area contributed by atoms with E-state index in [0.29, 0.717) is 6.04 Å². The van der Waals surface area contributed by atoms with E-state index in [1.807, 2.05) is 13.2 Å². The van der Waals surface area contributed by atoms with Gasteiger partial charge in [0, 0.05) is 26.1 Å². The van der Waals surface area contributed by atoms with E-state index >= 15 is 0 Å². The summed E-state index contributed by atoms with van der Waals surface area (Å²) in [6.45, 7) is 8.47. The van der Waals surface area contributed by atoms with Crippen LogP contribution in [0, 0.1) is 0 Å². The summed E-state index contributed by atoms with van der Waals surface area (Å²) in [5.41, 5.74) is 0.892. The predicted octanol–water partition coefficient (Wildman–Crippen LogP) is 2.07. The van der Waals surface area contributed by atoms with Crippen molar-refractivity contribution in [2.24, 2.45) is 7.05 Å². The summed E-state index contributed by atoms with van der Waals surface area (Å²) in [7, 11) is 4.07. The number of aromatic nitrogens is 4. The highest BCUT2D eigenvalue weighted by Gasteiger charge is 2.11. The molecule has 1 atom stereocenters. The summed E-state index contributed by atoms with van der Waals surface area (Å²) >= 11 is 0. The highest BCUT2D eigenvalue weighted by Crippen LogP contribution is 2.19. The van der Waals surface area contributed by atoms with Gasteiger partial charge in [-0.05, 0) is 26.9 Å². The summed E-state index contributed by atoms with van der Waals surface area (Å²) in [4.78, 5) is 11.5. The van der Waals surface area contributed by atoms with Gasteiger partial charge in [0.25, 0.3) is 0 Å². The zero-order valence-corrected chi connectivity index (χ0v) is 13.7. The molecule has 2 rings (SSSR count). The second-order valence-electron chi connectivity index (χ2n) is 5.49. The Kier molecular flexibility index (Phi) is 5.12. The predicted molar refractivity (Wildman–Crippen MR) is 86.6 cm³/mol. The van der Waals surface area contributed by atoms with Gasteiger partial charge in [-0.1, -0.05) is 13.8 Å². The zero-order valence-electron chi connectivity index (χ0n) is 13.7. The third-order valence-corrected chi connectivity index (χ3v) is 4.06. The van der Waals surface area contributed by atoms with Crippen molar-refractivity contribution in [2.75, 3.05) is 25.5 Å². The maximum atomic E-state index is 4.61. The quantitative estimate of drug-likeness (QED) is 0.846. The number of hydrogen-bond donors (Lipinski definition) is 1. The second-order valence-corrected chi connectivity index (χ2v) is 5.49. The number of nitrogens with zero attached hydrogens (tertiary/aromatic N) is 5. The molecular weight excluding hydrogens is 264 g/mol. The molecule has 0 radical (unpaired) electrons. The lowest BCUT2D eigenvalue weighted by atomic mass is 10.2. The largest absolute Gasteiger partial charge is 0.369 e. The zero-order chi connectivity index (χ0) is 15.4. The molecule has 0 saturated heterocycles. The monoisotopic (exact) mass is 290 g/mol. The minimum absolute atomic E-state index is 0.555. The Bertz CT molecular complexity index is 591. The molecule has 0 aliphatic heterocycles. The molecule has 2 heterocycles. The lowest BCUT2D eigenvalue weighted by Crippen LogP contribution is -2.30. The Balaban J connectivity index is 2.11. The second kappa shape index (κ2) is 6.85. The maximum Gasteiger partial charge on any atom is 0.163 e. The first-order chi connectivity index (χ1) is 10.1. The van der Waals surface area contributed by atoms with Gasteiger partial charge < -0.3 is 10.2 Å². The van der Waals surface area contributed by atoms with E-state index in [1.54, 1.807) is 4.68 Å². The number of aryl methyl sites for hydroxylation is 2. The van der Waals surface area contributed by atoms with Crippen molar-refractivity contribution < 1.29 is 0 Å². The Morgan fingerprint density at radius 1 is 1.33 bits per heavy atom. The van der Waals surface area contributed by atoms with Crippen LogP contribution < -0.4 is 5.32 Å². The van der Waals surface area contributed by atoms with Gasteiger partial charge in [-0.15, -0.1) is 0 Å². The van der Waals surface area contributed by atoms with Gasteiger partial charge in [0.15, 0.2) is 5.65 Å². The van der Waals surface area contributed by atoms with Gasteiger partial charge in [0.2, 0.25) is 0 Å². The minimum atomic E-state index is 0.555. The van der Waals surface area contributed by atoms with Crippen molar-refractivity contribution in [2.45, 2.75) is 39.7 Å². The van der Waals surface area contributed by atoms with E-state index in [9.17, 15) is 0 Å². The number of anilines is 1. The van der Waals surface area contributed by atoms with E-state index in [0.717, 1.165) is 48.6 Å². The third kappa shape index (κ3) is 3.50. The average Bonchev–Trinajstić information content (AvgIpc) is 2.87. The Labute approximate surface area is 126 Å². The van der Waals surface area contributed by atoms with Crippen LogP contribution in [-0.4, -0.2) is 50.8 Å². The molecule has 0 spiro atoms. The number of fused-ring (bicyclic) bond motifs is 1. The van der Waals surface area contributed by atoms with Crippen LogP contribution in [0.5, 0.6) is 0 Å². The molecule has 0 fully saturated rings. The molecule has 0 aliphatic rings. The number of hydrogen-bond acceptors (Lipinski definition) is 5. The van der Waals surface area contributed by atoms with E-state index in [-0.39, 0.29) is 0 Å².